The van der Waals surface area contributed by atoms with Gasteiger partial charge in [0, 0.05) is 18.8 Å². The van der Waals surface area contributed by atoms with Crippen molar-refractivity contribution in [2.45, 2.75) is 19.0 Å². The summed E-state index contributed by atoms with van der Waals surface area (Å²) in [6.07, 6.45) is 3.07. The van der Waals surface area contributed by atoms with E-state index in [1.807, 2.05) is 23.6 Å². The van der Waals surface area contributed by atoms with Gasteiger partial charge in [-0.3, -0.25) is 14.2 Å². The van der Waals surface area contributed by atoms with E-state index in [9.17, 15) is 9.59 Å². The molecule has 3 aromatic rings. The molecule has 0 saturated carbocycles. The number of amides is 2. The molecule has 9 heteroatoms. The number of aromatic nitrogens is 3. The molecule has 3 rings (SSSR count). The number of hydrogen-bond donors (Lipinski definition) is 2. The number of furan rings is 1. The molecular weight excluding hydrogens is 378 g/mol. The summed E-state index contributed by atoms with van der Waals surface area (Å²) in [5.41, 5.74) is 3.35. The molecule has 0 saturated heterocycles. The van der Waals surface area contributed by atoms with Gasteiger partial charge >= 0.3 is 0 Å². The van der Waals surface area contributed by atoms with Gasteiger partial charge in [0.05, 0.1) is 12.0 Å². The number of benzene rings is 1. The molecule has 0 fully saturated rings. The van der Waals surface area contributed by atoms with Crippen LogP contribution in [0.25, 0.3) is 5.69 Å². The maximum absolute atomic E-state index is 12.0. The zero-order chi connectivity index (χ0) is 19.9. The van der Waals surface area contributed by atoms with Crippen LogP contribution in [0.3, 0.4) is 0 Å². The fraction of sp³-hybridized carbons (Fsp3) is 0.263. The Balaban J connectivity index is 1.44. The zero-order valence-corrected chi connectivity index (χ0v) is 16.5. The predicted molar refractivity (Wildman–Crippen MR) is 106 cm³/mol. The summed E-state index contributed by atoms with van der Waals surface area (Å²) >= 11 is 1.30. The maximum atomic E-state index is 12.0. The Hall–Kier alpha value is -3.07. The summed E-state index contributed by atoms with van der Waals surface area (Å²) in [5, 5.41) is 14.1. The highest BCUT2D eigenvalue weighted by molar-refractivity contribution is 7.99. The molecule has 2 amide bonds. The maximum Gasteiger partial charge on any atom is 0.287 e. The number of aryl methyl sites for hydroxylation is 2. The van der Waals surface area contributed by atoms with E-state index in [1.165, 1.54) is 29.2 Å². The van der Waals surface area contributed by atoms with Gasteiger partial charge < -0.3 is 15.1 Å². The number of rotatable bonds is 8. The molecule has 0 radical (unpaired) electrons. The average molecular weight is 399 g/mol. The van der Waals surface area contributed by atoms with E-state index in [1.54, 1.807) is 18.5 Å². The van der Waals surface area contributed by atoms with Gasteiger partial charge in [-0.25, -0.2) is 0 Å². The molecule has 0 aliphatic carbocycles. The van der Waals surface area contributed by atoms with Crippen LogP contribution in [0.4, 0.5) is 0 Å². The molecule has 28 heavy (non-hydrogen) atoms. The van der Waals surface area contributed by atoms with Crippen molar-refractivity contribution in [3.63, 3.8) is 0 Å². The molecule has 8 nitrogen and oxygen atoms in total. The second-order valence-electron chi connectivity index (χ2n) is 6.12. The van der Waals surface area contributed by atoms with E-state index in [0.717, 1.165) is 5.69 Å². The molecule has 0 spiro atoms. The minimum atomic E-state index is -0.310. The summed E-state index contributed by atoms with van der Waals surface area (Å²) < 4.78 is 6.85. The summed E-state index contributed by atoms with van der Waals surface area (Å²) in [4.78, 5) is 23.7. The van der Waals surface area contributed by atoms with Crippen molar-refractivity contribution < 1.29 is 14.0 Å². The zero-order valence-electron chi connectivity index (χ0n) is 15.6. The first-order valence-corrected chi connectivity index (χ1v) is 9.72. The SMILES string of the molecule is Cc1ccc(-n2cnnc2SCC(=O)NCCNC(=O)c2ccco2)cc1C. The molecule has 0 unspecified atom stereocenters. The van der Waals surface area contributed by atoms with Gasteiger partial charge in [0.2, 0.25) is 5.91 Å². The van der Waals surface area contributed by atoms with Crippen LogP contribution in [0.5, 0.6) is 0 Å². The molecule has 146 valence electrons. The quantitative estimate of drug-likeness (QED) is 0.444. The predicted octanol–water partition coefficient (Wildman–Crippen LogP) is 2.12. The summed E-state index contributed by atoms with van der Waals surface area (Å²) in [7, 11) is 0. The van der Waals surface area contributed by atoms with E-state index in [0.29, 0.717) is 18.2 Å². The highest BCUT2D eigenvalue weighted by Gasteiger charge is 2.11. The van der Waals surface area contributed by atoms with Crippen LogP contribution in [0.15, 0.2) is 52.5 Å². The molecule has 2 aromatic heterocycles. The number of carbonyl (C=O) groups is 2. The fourth-order valence-electron chi connectivity index (χ4n) is 2.43. The second-order valence-corrected chi connectivity index (χ2v) is 7.07. The third-order valence-electron chi connectivity index (χ3n) is 4.10. The Bertz CT molecular complexity index is 952. The van der Waals surface area contributed by atoms with Crippen LogP contribution < -0.4 is 10.6 Å². The highest BCUT2D eigenvalue weighted by atomic mass is 32.2. The Kier molecular flexibility index (Phi) is 6.49. The van der Waals surface area contributed by atoms with Gasteiger partial charge in [-0.2, -0.15) is 0 Å². The molecule has 2 N–H and O–H groups in total. The Morgan fingerprint density at radius 3 is 2.71 bits per heavy atom. The summed E-state index contributed by atoms with van der Waals surface area (Å²) in [6, 6.07) is 9.33. The van der Waals surface area contributed by atoms with Crippen molar-refractivity contribution in [3.8, 4) is 5.69 Å². The van der Waals surface area contributed by atoms with Gasteiger partial charge in [-0.1, -0.05) is 17.8 Å². The Labute approximate surface area is 166 Å². The van der Waals surface area contributed by atoms with E-state index in [2.05, 4.69) is 33.8 Å². The lowest BCUT2D eigenvalue weighted by Crippen LogP contribution is -2.35. The van der Waals surface area contributed by atoms with Gasteiger partial charge in [-0.15, -0.1) is 10.2 Å². The molecule has 1 aromatic carbocycles. The lowest BCUT2D eigenvalue weighted by Gasteiger charge is -2.09. The number of nitrogens with zero attached hydrogens (tertiary/aromatic N) is 3. The molecule has 0 aliphatic rings. The first-order chi connectivity index (χ1) is 13.5. The molecule has 0 atom stereocenters. The van der Waals surface area contributed by atoms with Gasteiger partial charge in [0.1, 0.15) is 6.33 Å². The smallest absolute Gasteiger partial charge is 0.287 e. The lowest BCUT2D eigenvalue weighted by atomic mass is 10.1. The first-order valence-electron chi connectivity index (χ1n) is 8.73. The Morgan fingerprint density at radius 1 is 1.14 bits per heavy atom. The topological polar surface area (TPSA) is 102 Å². The van der Waals surface area contributed by atoms with Crippen molar-refractivity contribution in [3.05, 3.63) is 59.8 Å². The lowest BCUT2D eigenvalue weighted by molar-refractivity contribution is -0.118. The van der Waals surface area contributed by atoms with Crippen LogP contribution in [-0.4, -0.2) is 45.4 Å². The number of thioether (sulfide) groups is 1. The van der Waals surface area contributed by atoms with E-state index >= 15 is 0 Å². The Morgan fingerprint density at radius 2 is 1.96 bits per heavy atom. The second kappa shape index (κ2) is 9.23. The molecule has 0 bridgehead atoms. The van der Waals surface area contributed by atoms with Crippen LogP contribution in [-0.2, 0) is 4.79 Å². The number of carbonyl (C=O) groups excluding carboxylic acids is 2. The van der Waals surface area contributed by atoms with Crippen LogP contribution in [0.2, 0.25) is 0 Å². The van der Waals surface area contributed by atoms with Crippen molar-refractivity contribution in [1.82, 2.24) is 25.4 Å². The molecule has 2 heterocycles. The standard InChI is InChI=1S/C19H21N5O3S/c1-13-5-6-15(10-14(13)2)24-12-22-23-19(24)28-11-17(25)20-7-8-21-18(26)16-4-3-9-27-16/h3-6,9-10,12H,7-8,11H2,1-2H3,(H,20,25)(H,21,26). The summed E-state index contributed by atoms with van der Waals surface area (Å²) in [5.74, 6) is -0.00933. The van der Waals surface area contributed by atoms with Crippen LogP contribution in [0.1, 0.15) is 21.7 Å². The number of nitrogens with one attached hydrogen (secondary N) is 2. The van der Waals surface area contributed by atoms with E-state index in [4.69, 9.17) is 4.42 Å². The normalized spacial score (nSPS) is 10.6. The highest BCUT2D eigenvalue weighted by Crippen LogP contribution is 2.21. The third kappa shape index (κ3) is 5.01. The van der Waals surface area contributed by atoms with Crippen LogP contribution >= 0.6 is 11.8 Å². The van der Waals surface area contributed by atoms with E-state index in [-0.39, 0.29) is 23.3 Å². The average Bonchev–Trinajstić information content (AvgIpc) is 3.37. The third-order valence-corrected chi connectivity index (χ3v) is 5.04. The first kappa shape index (κ1) is 19.7. The molecule has 0 aliphatic heterocycles. The van der Waals surface area contributed by atoms with Crippen molar-refractivity contribution in [2.24, 2.45) is 0 Å². The minimum absolute atomic E-state index is 0.146. The monoisotopic (exact) mass is 399 g/mol. The van der Waals surface area contributed by atoms with E-state index < -0.39 is 0 Å². The van der Waals surface area contributed by atoms with Gasteiger partial charge in [0.25, 0.3) is 5.91 Å². The minimum Gasteiger partial charge on any atom is -0.459 e. The largest absolute Gasteiger partial charge is 0.459 e. The van der Waals surface area contributed by atoms with Gasteiger partial charge in [0.15, 0.2) is 10.9 Å². The fourth-order valence-corrected chi connectivity index (χ4v) is 3.19. The van der Waals surface area contributed by atoms with Gasteiger partial charge in [-0.05, 0) is 49.2 Å². The van der Waals surface area contributed by atoms with Crippen molar-refractivity contribution >= 4 is 23.6 Å². The van der Waals surface area contributed by atoms with Crippen molar-refractivity contribution in [1.29, 1.82) is 0 Å². The molecular formula is C19H21N5O3S. The number of hydrogen-bond acceptors (Lipinski definition) is 6. The van der Waals surface area contributed by atoms with Crippen molar-refractivity contribution in [2.75, 3.05) is 18.8 Å². The van der Waals surface area contributed by atoms with Crippen LogP contribution in [0, 0.1) is 13.8 Å². The summed E-state index contributed by atoms with van der Waals surface area (Å²) in [6.45, 7) is 4.75.